The Morgan fingerprint density at radius 3 is 2.55 bits per heavy atom. The zero-order valence-corrected chi connectivity index (χ0v) is 12.9. The second kappa shape index (κ2) is 6.02. The number of ketones is 1. The minimum absolute atomic E-state index is 0.0937. The summed E-state index contributed by atoms with van der Waals surface area (Å²) in [6.07, 6.45) is 2.81. The van der Waals surface area contributed by atoms with Gasteiger partial charge >= 0.3 is 0 Å². The van der Waals surface area contributed by atoms with Crippen LogP contribution < -0.4 is 0 Å². The maximum absolute atomic E-state index is 12.0. The third kappa shape index (κ3) is 3.64. The first-order valence-corrected chi connectivity index (χ1v) is 7.95. The summed E-state index contributed by atoms with van der Waals surface area (Å²) in [6.45, 7) is 5.59. The van der Waals surface area contributed by atoms with E-state index >= 15 is 0 Å². The molecule has 1 aliphatic rings. The van der Waals surface area contributed by atoms with Crippen molar-refractivity contribution in [2.24, 2.45) is 0 Å². The molecule has 1 fully saturated rings. The van der Waals surface area contributed by atoms with Crippen molar-refractivity contribution in [2.75, 3.05) is 0 Å². The van der Waals surface area contributed by atoms with Gasteiger partial charge in [0.2, 0.25) is 0 Å². The molecule has 4 heteroatoms. The molecule has 0 spiro atoms. The van der Waals surface area contributed by atoms with Crippen LogP contribution in [0.2, 0.25) is 0 Å². The topological polar surface area (TPSA) is 43.4 Å². The van der Waals surface area contributed by atoms with Crippen LogP contribution in [-0.4, -0.2) is 21.7 Å². The Bertz CT molecular complexity index is 543. The highest BCUT2D eigenvalue weighted by Gasteiger charge is 2.39. The number of carbonyl (C=O) groups excluding carboxylic acids is 1. The fourth-order valence-electron chi connectivity index (χ4n) is 2.15. The number of Topliss-reactive ketones (excluding diaryl/α,β-unsaturated/α-hetero) is 1. The van der Waals surface area contributed by atoms with Gasteiger partial charge in [-0.3, -0.25) is 4.79 Å². The molecular weight excluding hydrogens is 272 g/mol. The van der Waals surface area contributed by atoms with Crippen LogP contribution in [0.15, 0.2) is 40.6 Å². The van der Waals surface area contributed by atoms with Crippen LogP contribution in [0.25, 0.3) is 0 Å². The summed E-state index contributed by atoms with van der Waals surface area (Å²) in [6, 6.07) is 7.63. The van der Waals surface area contributed by atoms with E-state index in [1.54, 1.807) is 19.3 Å². The van der Waals surface area contributed by atoms with E-state index < -0.39 is 16.4 Å². The van der Waals surface area contributed by atoms with Crippen molar-refractivity contribution in [1.29, 1.82) is 0 Å². The molecule has 0 saturated carbocycles. The van der Waals surface area contributed by atoms with Gasteiger partial charge < -0.3 is 4.74 Å². The van der Waals surface area contributed by atoms with Gasteiger partial charge in [-0.2, -0.15) is 0 Å². The molecule has 20 heavy (non-hydrogen) atoms. The van der Waals surface area contributed by atoms with Gasteiger partial charge in [0, 0.05) is 16.7 Å². The highest BCUT2D eigenvalue weighted by atomic mass is 32.2. The van der Waals surface area contributed by atoms with Crippen molar-refractivity contribution >= 4 is 16.6 Å². The normalized spacial score (nSPS) is 23.4. The minimum atomic E-state index is -1.14. The predicted molar refractivity (Wildman–Crippen MR) is 79.9 cm³/mol. The van der Waals surface area contributed by atoms with E-state index in [4.69, 9.17) is 4.74 Å². The standard InChI is InChI=1S/C16H20O3S/c1-12-6-8-14(9-7-12)20(18)10-4-5-13-11-15(17)16(2,3)19-13/h4,6-10,13H,5,11H2,1-3H3/b10-4+/t13-,20?/m1/s1. The van der Waals surface area contributed by atoms with Crippen LogP contribution in [0.5, 0.6) is 0 Å². The summed E-state index contributed by atoms with van der Waals surface area (Å²) in [5, 5.41) is 1.67. The zero-order valence-electron chi connectivity index (χ0n) is 12.1. The van der Waals surface area contributed by atoms with Crippen molar-refractivity contribution in [1.82, 2.24) is 0 Å². The average molecular weight is 292 g/mol. The maximum Gasteiger partial charge on any atom is 0.166 e. The Hall–Kier alpha value is -1.26. The van der Waals surface area contributed by atoms with Crippen molar-refractivity contribution < 1.29 is 13.7 Å². The number of benzene rings is 1. The van der Waals surface area contributed by atoms with E-state index in [2.05, 4.69) is 0 Å². The minimum Gasteiger partial charge on any atom is -0.364 e. The lowest BCUT2D eigenvalue weighted by atomic mass is 10.0. The number of aryl methyl sites for hydroxylation is 1. The van der Waals surface area contributed by atoms with Gasteiger partial charge in [-0.15, -0.1) is 0 Å². The summed E-state index contributed by atoms with van der Waals surface area (Å²) >= 11 is 0. The van der Waals surface area contributed by atoms with E-state index in [0.29, 0.717) is 12.8 Å². The second-order valence-corrected chi connectivity index (χ2v) is 6.93. The molecule has 1 saturated heterocycles. The van der Waals surface area contributed by atoms with Crippen molar-refractivity contribution in [3.8, 4) is 0 Å². The lowest BCUT2D eigenvalue weighted by Crippen LogP contribution is -2.27. The molecule has 1 heterocycles. The lowest BCUT2D eigenvalue weighted by molar-refractivity contribution is -0.129. The molecule has 1 aromatic rings. The van der Waals surface area contributed by atoms with Gasteiger partial charge in [0.05, 0.1) is 16.9 Å². The van der Waals surface area contributed by atoms with Crippen LogP contribution in [0, 0.1) is 6.92 Å². The van der Waals surface area contributed by atoms with Gasteiger partial charge in [0.15, 0.2) is 5.78 Å². The van der Waals surface area contributed by atoms with Crippen LogP contribution in [0.4, 0.5) is 0 Å². The molecule has 3 nitrogen and oxygen atoms in total. The van der Waals surface area contributed by atoms with Crippen molar-refractivity contribution in [2.45, 2.75) is 50.2 Å². The van der Waals surface area contributed by atoms with Gasteiger partial charge in [-0.25, -0.2) is 4.21 Å². The van der Waals surface area contributed by atoms with Gasteiger partial charge in [-0.1, -0.05) is 23.8 Å². The molecule has 2 rings (SSSR count). The first kappa shape index (κ1) is 15.1. The first-order valence-electron chi connectivity index (χ1n) is 6.73. The molecule has 108 valence electrons. The summed E-state index contributed by atoms with van der Waals surface area (Å²) in [7, 11) is -1.14. The third-order valence-corrected chi connectivity index (χ3v) is 4.59. The van der Waals surface area contributed by atoms with E-state index in [-0.39, 0.29) is 11.9 Å². The zero-order chi connectivity index (χ0) is 14.8. The molecule has 0 amide bonds. The molecule has 0 aliphatic carbocycles. The van der Waals surface area contributed by atoms with Gasteiger partial charge in [-0.05, 0) is 39.3 Å². The quantitative estimate of drug-likeness (QED) is 0.856. The summed E-state index contributed by atoms with van der Waals surface area (Å²) < 4.78 is 17.7. The van der Waals surface area contributed by atoms with Crippen LogP contribution >= 0.6 is 0 Å². The van der Waals surface area contributed by atoms with Crippen molar-refractivity contribution in [3.63, 3.8) is 0 Å². The molecule has 2 atom stereocenters. The molecule has 1 aromatic carbocycles. The van der Waals surface area contributed by atoms with Gasteiger partial charge in [0.1, 0.15) is 5.60 Å². The van der Waals surface area contributed by atoms with Crippen LogP contribution in [0.3, 0.4) is 0 Å². The van der Waals surface area contributed by atoms with E-state index in [1.165, 1.54) is 0 Å². The Labute approximate surface area is 122 Å². The van der Waals surface area contributed by atoms with E-state index in [9.17, 15) is 9.00 Å². The van der Waals surface area contributed by atoms with Gasteiger partial charge in [0.25, 0.3) is 0 Å². The summed E-state index contributed by atoms with van der Waals surface area (Å²) in [5.41, 5.74) is 0.476. The molecular formula is C16H20O3S. The fraction of sp³-hybridized carbons (Fsp3) is 0.438. The third-order valence-electron chi connectivity index (χ3n) is 3.42. The predicted octanol–water partition coefficient (Wildman–Crippen LogP) is 3.14. The number of hydrogen-bond acceptors (Lipinski definition) is 3. The smallest absolute Gasteiger partial charge is 0.166 e. The molecule has 0 aromatic heterocycles. The summed E-state index contributed by atoms with van der Waals surface area (Å²) in [5.74, 6) is 0.135. The molecule has 0 N–H and O–H groups in total. The van der Waals surface area contributed by atoms with E-state index in [0.717, 1.165) is 10.5 Å². The Kier molecular flexibility index (Phi) is 4.55. The Balaban J connectivity index is 1.90. The molecule has 1 aliphatic heterocycles. The Morgan fingerprint density at radius 1 is 1.35 bits per heavy atom. The highest BCUT2D eigenvalue weighted by Crippen LogP contribution is 2.28. The first-order chi connectivity index (χ1) is 9.38. The van der Waals surface area contributed by atoms with Crippen molar-refractivity contribution in [3.05, 3.63) is 41.3 Å². The molecule has 0 bridgehead atoms. The van der Waals surface area contributed by atoms with E-state index in [1.807, 2.05) is 37.3 Å². The fourth-order valence-corrected chi connectivity index (χ4v) is 3.00. The highest BCUT2D eigenvalue weighted by molar-refractivity contribution is 7.88. The number of carbonyl (C=O) groups is 1. The largest absolute Gasteiger partial charge is 0.364 e. The lowest BCUT2D eigenvalue weighted by Gasteiger charge is -2.16. The number of rotatable bonds is 4. The number of hydrogen-bond donors (Lipinski definition) is 0. The van der Waals surface area contributed by atoms with Crippen LogP contribution in [0.1, 0.15) is 32.3 Å². The average Bonchev–Trinajstić information content (AvgIpc) is 2.63. The summed E-state index contributed by atoms with van der Waals surface area (Å²) in [4.78, 5) is 12.4. The monoisotopic (exact) mass is 292 g/mol. The molecule has 1 unspecified atom stereocenters. The Morgan fingerprint density at radius 2 is 2.00 bits per heavy atom. The maximum atomic E-state index is 12.0. The number of ether oxygens (including phenoxy) is 1. The second-order valence-electron chi connectivity index (χ2n) is 5.60. The SMILES string of the molecule is Cc1ccc(S(=O)/C=C/C[C@@H]2CC(=O)C(C)(C)O2)cc1. The van der Waals surface area contributed by atoms with Crippen LogP contribution in [-0.2, 0) is 20.3 Å². The molecule has 0 radical (unpaired) electrons.